The largest absolute Gasteiger partial charge is 0.393 e. The van der Waals surface area contributed by atoms with E-state index in [1.54, 1.807) is 0 Å². The quantitative estimate of drug-likeness (QED) is 0.354. The number of nitrogens with zero attached hydrogens (tertiary/aromatic N) is 1. The highest BCUT2D eigenvalue weighted by Crippen LogP contribution is 2.25. The number of nitro groups is 1. The van der Waals surface area contributed by atoms with Gasteiger partial charge in [0.1, 0.15) is 5.69 Å². The monoisotopic (exact) mass is 224 g/mol. The van der Waals surface area contributed by atoms with E-state index in [0.29, 0.717) is 0 Å². The Morgan fingerprint density at radius 2 is 1.56 bits per heavy atom. The molecule has 84 valence electrons. The second-order valence-corrected chi connectivity index (χ2v) is 2.94. The van der Waals surface area contributed by atoms with Crippen molar-refractivity contribution in [2.45, 2.75) is 0 Å². The summed E-state index contributed by atoms with van der Waals surface area (Å²) < 4.78 is 0. The molecule has 0 aromatic heterocycles. The van der Waals surface area contributed by atoms with Crippen LogP contribution in [0.2, 0.25) is 0 Å². The number of hydrogen-bond donors (Lipinski definition) is 3. The van der Waals surface area contributed by atoms with Crippen molar-refractivity contribution in [3.05, 3.63) is 33.4 Å². The Kier molecular flexibility index (Phi) is 2.75. The fraction of sp³-hybridized carbons (Fsp3) is 0. The molecular formula is C8H8N4O4. The highest BCUT2D eigenvalue weighted by Gasteiger charge is 2.21. The van der Waals surface area contributed by atoms with Gasteiger partial charge in [-0.25, -0.2) is 0 Å². The molecule has 1 rings (SSSR count). The molecule has 0 bridgehead atoms. The van der Waals surface area contributed by atoms with Gasteiger partial charge in [-0.2, -0.15) is 0 Å². The second-order valence-electron chi connectivity index (χ2n) is 2.94. The summed E-state index contributed by atoms with van der Waals surface area (Å²) in [7, 11) is 0. The smallest absolute Gasteiger partial charge is 0.292 e. The van der Waals surface area contributed by atoms with Gasteiger partial charge in [0, 0.05) is 6.07 Å². The van der Waals surface area contributed by atoms with Crippen LogP contribution in [-0.2, 0) is 0 Å². The van der Waals surface area contributed by atoms with E-state index in [1.165, 1.54) is 0 Å². The Morgan fingerprint density at radius 3 is 1.94 bits per heavy atom. The standard InChI is InChI=1S/C8H8N4O4/c9-5-1-3(7(10)13)4(8(11)14)2-6(5)12(15)16/h1-2H,9H2,(H2,10,13)(H2,11,14). The first-order valence-corrected chi connectivity index (χ1v) is 4.02. The minimum atomic E-state index is -0.989. The van der Waals surface area contributed by atoms with Crippen LogP contribution in [0.1, 0.15) is 20.7 Å². The van der Waals surface area contributed by atoms with Crippen molar-refractivity contribution in [3.63, 3.8) is 0 Å². The molecule has 0 saturated carbocycles. The lowest BCUT2D eigenvalue weighted by atomic mass is 10.0. The minimum Gasteiger partial charge on any atom is -0.393 e. The van der Waals surface area contributed by atoms with Gasteiger partial charge in [-0.1, -0.05) is 0 Å². The van der Waals surface area contributed by atoms with Crippen LogP contribution in [0.5, 0.6) is 0 Å². The van der Waals surface area contributed by atoms with Crippen LogP contribution in [0, 0.1) is 10.1 Å². The molecule has 0 spiro atoms. The molecule has 16 heavy (non-hydrogen) atoms. The molecule has 0 atom stereocenters. The Bertz CT molecular complexity index is 497. The molecule has 0 radical (unpaired) electrons. The summed E-state index contributed by atoms with van der Waals surface area (Å²) in [5.74, 6) is -1.92. The van der Waals surface area contributed by atoms with E-state index < -0.39 is 22.4 Å². The number of amides is 2. The van der Waals surface area contributed by atoms with Crippen LogP contribution >= 0.6 is 0 Å². The topological polar surface area (TPSA) is 155 Å². The van der Waals surface area contributed by atoms with Gasteiger partial charge in [0.05, 0.1) is 16.1 Å². The zero-order chi connectivity index (χ0) is 12.5. The van der Waals surface area contributed by atoms with Crippen LogP contribution in [-0.4, -0.2) is 16.7 Å². The van der Waals surface area contributed by atoms with Crippen LogP contribution in [0.4, 0.5) is 11.4 Å². The van der Waals surface area contributed by atoms with Gasteiger partial charge in [-0.05, 0) is 6.07 Å². The molecule has 0 unspecified atom stereocenters. The summed E-state index contributed by atoms with van der Waals surface area (Å²) >= 11 is 0. The van der Waals surface area contributed by atoms with E-state index in [0.717, 1.165) is 12.1 Å². The molecule has 0 fully saturated rings. The van der Waals surface area contributed by atoms with Crippen LogP contribution in [0.3, 0.4) is 0 Å². The minimum absolute atomic E-state index is 0.240. The molecule has 0 heterocycles. The second kappa shape index (κ2) is 3.85. The van der Waals surface area contributed by atoms with Crippen molar-refractivity contribution in [2.24, 2.45) is 11.5 Å². The molecule has 1 aromatic carbocycles. The number of anilines is 1. The molecule has 0 saturated heterocycles. The summed E-state index contributed by atoms with van der Waals surface area (Å²) in [6.45, 7) is 0. The maximum Gasteiger partial charge on any atom is 0.292 e. The highest BCUT2D eigenvalue weighted by atomic mass is 16.6. The van der Waals surface area contributed by atoms with Crippen molar-refractivity contribution in [1.29, 1.82) is 0 Å². The Morgan fingerprint density at radius 1 is 1.12 bits per heavy atom. The normalized spacial score (nSPS) is 9.75. The van der Waals surface area contributed by atoms with Crippen LogP contribution in [0.25, 0.3) is 0 Å². The van der Waals surface area contributed by atoms with Crippen molar-refractivity contribution >= 4 is 23.2 Å². The van der Waals surface area contributed by atoms with Crippen molar-refractivity contribution in [3.8, 4) is 0 Å². The number of hydrogen-bond acceptors (Lipinski definition) is 5. The summed E-state index contributed by atoms with van der Waals surface area (Å²) in [4.78, 5) is 31.7. The third-order valence-corrected chi connectivity index (χ3v) is 1.89. The third kappa shape index (κ3) is 1.90. The van der Waals surface area contributed by atoms with E-state index in [-0.39, 0.29) is 16.8 Å². The molecule has 0 aliphatic heterocycles. The number of nitrogen functional groups attached to an aromatic ring is 1. The SMILES string of the molecule is NC(=O)c1cc(N)c([N+](=O)[O-])cc1C(N)=O. The molecular weight excluding hydrogens is 216 g/mol. The average molecular weight is 224 g/mol. The van der Waals surface area contributed by atoms with E-state index >= 15 is 0 Å². The zero-order valence-electron chi connectivity index (χ0n) is 7.97. The van der Waals surface area contributed by atoms with Gasteiger partial charge >= 0.3 is 0 Å². The highest BCUT2D eigenvalue weighted by molar-refractivity contribution is 6.07. The average Bonchev–Trinajstić information content (AvgIpc) is 2.15. The number of benzene rings is 1. The number of nitro benzene ring substituents is 1. The predicted molar refractivity (Wildman–Crippen MR) is 54.5 cm³/mol. The first-order valence-electron chi connectivity index (χ1n) is 4.02. The van der Waals surface area contributed by atoms with E-state index in [9.17, 15) is 19.7 Å². The fourth-order valence-corrected chi connectivity index (χ4v) is 1.17. The van der Waals surface area contributed by atoms with Gasteiger partial charge in [0.15, 0.2) is 0 Å². The van der Waals surface area contributed by atoms with E-state index in [2.05, 4.69) is 0 Å². The lowest BCUT2D eigenvalue weighted by molar-refractivity contribution is -0.383. The maximum absolute atomic E-state index is 11.0. The molecule has 2 amide bonds. The fourth-order valence-electron chi connectivity index (χ4n) is 1.17. The summed E-state index contributed by atoms with van der Waals surface area (Å²) in [6.07, 6.45) is 0. The van der Waals surface area contributed by atoms with Gasteiger partial charge in [-0.3, -0.25) is 19.7 Å². The Hall–Kier alpha value is -2.64. The lowest BCUT2D eigenvalue weighted by Gasteiger charge is -2.04. The first kappa shape index (κ1) is 11.4. The van der Waals surface area contributed by atoms with Gasteiger partial charge < -0.3 is 17.2 Å². The third-order valence-electron chi connectivity index (χ3n) is 1.89. The van der Waals surface area contributed by atoms with Gasteiger partial charge in [0.2, 0.25) is 11.8 Å². The van der Waals surface area contributed by atoms with E-state index in [1.807, 2.05) is 0 Å². The molecule has 1 aromatic rings. The molecule has 8 nitrogen and oxygen atoms in total. The summed E-state index contributed by atoms with van der Waals surface area (Å²) in [6, 6.07) is 1.79. The van der Waals surface area contributed by atoms with Crippen LogP contribution in [0.15, 0.2) is 12.1 Å². The number of carbonyl (C=O) groups excluding carboxylic acids is 2. The maximum atomic E-state index is 11.0. The molecule has 0 aliphatic rings. The van der Waals surface area contributed by atoms with Crippen LogP contribution < -0.4 is 17.2 Å². The number of primary amides is 2. The first-order chi connectivity index (χ1) is 7.34. The lowest BCUT2D eigenvalue weighted by Crippen LogP contribution is -2.21. The number of carbonyl (C=O) groups is 2. The number of rotatable bonds is 3. The number of nitrogens with two attached hydrogens (primary N) is 3. The summed E-state index contributed by atoms with van der Waals surface area (Å²) in [5.41, 5.74) is 13.9. The molecule has 8 heteroatoms. The van der Waals surface area contributed by atoms with Crippen molar-refractivity contribution < 1.29 is 14.5 Å². The predicted octanol–water partition coefficient (Wildman–Crippen LogP) is -0.625. The van der Waals surface area contributed by atoms with Gasteiger partial charge in [0.25, 0.3) is 5.69 Å². The molecule has 6 N–H and O–H groups in total. The van der Waals surface area contributed by atoms with Gasteiger partial charge in [-0.15, -0.1) is 0 Å². The molecule has 0 aliphatic carbocycles. The van der Waals surface area contributed by atoms with Crippen molar-refractivity contribution in [1.82, 2.24) is 0 Å². The van der Waals surface area contributed by atoms with E-state index in [4.69, 9.17) is 17.2 Å². The zero-order valence-corrected chi connectivity index (χ0v) is 7.97. The Labute approximate surface area is 89.2 Å². The summed E-state index contributed by atoms with van der Waals surface area (Å²) in [5, 5.41) is 10.5. The van der Waals surface area contributed by atoms with Crippen molar-refractivity contribution in [2.75, 3.05) is 5.73 Å². The Balaban J connectivity index is 3.55.